The fraction of sp³-hybridized carbons (Fsp3) is 0.154. The molecule has 21 heavy (non-hydrogen) atoms. The predicted octanol–water partition coefficient (Wildman–Crippen LogP) is 4.19. The van der Waals surface area contributed by atoms with Gasteiger partial charge in [-0.3, -0.25) is 10.1 Å². The summed E-state index contributed by atoms with van der Waals surface area (Å²) in [6.07, 6.45) is -1.23. The zero-order chi connectivity index (χ0) is 15.4. The predicted molar refractivity (Wildman–Crippen MR) is 74.6 cm³/mol. The van der Waals surface area contributed by atoms with E-state index in [9.17, 15) is 18.9 Å². The van der Waals surface area contributed by atoms with E-state index >= 15 is 0 Å². The molecule has 0 amide bonds. The van der Waals surface area contributed by atoms with Crippen LogP contribution in [-0.4, -0.2) is 9.91 Å². The molecule has 0 unspecified atom stereocenters. The highest BCUT2D eigenvalue weighted by molar-refractivity contribution is 6.30. The largest absolute Gasteiger partial charge is 0.360 e. The quantitative estimate of drug-likeness (QED) is 0.663. The number of hydrogen-bond acceptors (Lipinski definition) is 4. The third-order valence-electron chi connectivity index (χ3n) is 2.72. The molecule has 0 saturated heterocycles. The molecule has 0 bridgehead atoms. The summed E-state index contributed by atoms with van der Waals surface area (Å²) in [6, 6.07) is 6.86. The number of aromatic nitrogens is 1. The van der Waals surface area contributed by atoms with Crippen LogP contribution >= 0.6 is 11.6 Å². The molecule has 0 radical (unpaired) electrons. The van der Waals surface area contributed by atoms with Crippen LogP contribution in [0.2, 0.25) is 5.02 Å². The summed E-state index contributed by atoms with van der Waals surface area (Å²) in [5.74, 6) is 0.0716. The molecule has 1 aromatic heterocycles. The maximum Gasteiger partial charge on any atom is 0.312 e. The zero-order valence-corrected chi connectivity index (χ0v) is 11.3. The van der Waals surface area contributed by atoms with Crippen molar-refractivity contribution in [1.29, 1.82) is 0 Å². The van der Waals surface area contributed by atoms with Gasteiger partial charge in [0, 0.05) is 24.4 Å². The molecule has 0 aliphatic heterocycles. The van der Waals surface area contributed by atoms with Gasteiger partial charge in [-0.15, -0.1) is 0 Å². The lowest BCUT2D eigenvalue weighted by atomic mass is 10.1. The van der Waals surface area contributed by atoms with E-state index in [2.05, 4.69) is 10.3 Å². The average molecular weight is 314 g/mol. The van der Waals surface area contributed by atoms with Crippen LogP contribution in [0.3, 0.4) is 0 Å². The van der Waals surface area contributed by atoms with Crippen LogP contribution < -0.4 is 5.32 Å². The molecule has 0 atom stereocenters. The molecular formula is C13H10ClF2N3O2. The molecule has 2 aromatic rings. The molecule has 110 valence electrons. The number of rotatable bonds is 5. The maximum atomic E-state index is 12.4. The molecular weight excluding hydrogens is 304 g/mol. The van der Waals surface area contributed by atoms with Crippen LogP contribution in [0.5, 0.6) is 0 Å². The summed E-state index contributed by atoms with van der Waals surface area (Å²) >= 11 is 5.66. The summed E-state index contributed by atoms with van der Waals surface area (Å²) in [7, 11) is 0. The van der Waals surface area contributed by atoms with Crippen molar-refractivity contribution in [3.05, 3.63) is 62.8 Å². The highest BCUT2D eigenvalue weighted by Gasteiger charge is 2.15. The Morgan fingerprint density at radius 2 is 2.00 bits per heavy atom. The molecule has 2 rings (SSSR count). The van der Waals surface area contributed by atoms with E-state index in [1.807, 2.05) is 0 Å². The Morgan fingerprint density at radius 3 is 2.57 bits per heavy atom. The van der Waals surface area contributed by atoms with Crippen molar-refractivity contribution >= 4 is 23.1 Å². The Bertz CT molecular complexity index is 650. The number of alkyl halides is 2. The van der Waals surface area contributed by atoms with Gasteiger partial charge in [0.15, 0.2) is 0 Å². The van der Waals surface area contributed by atoms with Gasteiger partial charge < -0.3 is 5.32 Å². The molecule has 0 aliphatic carbocycles. The maximum absolute atomic E-state index is 12.4. The molecule has 1 N–H and O–H groups in total. The Labute approximate surface area is 123 Å². The monoisotopic (exact) mass is 313 g/mol. The van der Waals surface area contributed by atoms with Gasteiger partial charge in [-0.25, -0.2) is 13.8 Å². The van der Waals surface area contributed by atoms with Crippen molar-refractivity contribution in [2.24, 2.45) is 0 Å². The summed E-state index contributed by atoms with van der Waals surface area (Å²) in [5.41, 5.74) is 0.381. The molecule has 0 aliphatic rings. The molecule has 8 heteroatoms. The number of nitrogens with one attached hydrogen (secondary N) is 1. The van der Waals surface area contributed by atoms with Crippen molar-refractivity contribution in [3.63, 3.8) is 0 Å². The molecule has 1 heterocycles. The molecule has 1 aromatic carbocycles. The first kappa shape index (κ1) is 15.1. The standard InChI is InChI=1S/C13H10ClF2N3O2/c14-10-5-11(19(20)21)13(18-7-10)17-6-8-1-3-9(4-2-8)12(15)16/h1-5,7,12H,6H2,(H,17,18). The number of anilines is 1. The van der Waals surface area contributed by atoms with Crippen molar-refractivity contribution in [1.82, 2.24) is 4.98 Å². The topological polar surface area (TPSA) is 68.1 Å². The highest BCUT2D eigenvalue weighted by atomic mass is 35.5. The Hall–Kier alpha value is -2.28. The van der Waals surface area contributed by atoms with E-state index in [1.165, 1.54) is 36.5 Å². The lowest BCUT2D eigenvalue weighted by Crippen LogP contribution is -2.04. The van der Waals surface area contributed by atoms with Crippen molar-refractivity contribution in [2.75, 3.05) is 5.32 Å². The Balaban J connectivity index is 2.11. The van der Waals surface area contributed by atoms with Crippen molar-refractivity contribution in [3.8, 4) is 0 Å². The van der Waals surface area contributed by atoms with Gasteiger partial charge in [0.1, 0.15) is 0 Å². The number of hydrogen-bond donors (Lipinski definition) is 1. The number of nitro groups is 1. The minimum Gasteiger partial charge on any atom is -0.360 e. The third kappa shape index (κ3) is 3.85. The number of benzene rings is 1. The van der Waals surface area contributed by atoms with Gasteiger partial charge in [-0.1, -0.05) is 35.9 Å². The second-order valence-corrected chi connectivity index (χ2v) is 4.61. The molecule has 0 fully saturated rings. The van der Waals surface area contributed by atoms with Gasteiger partial charge in [0.05, 0.1) is 9.95 Å². The second-order valence-electron chi connectivity index (χ2n) is 4.17. The Kier molecular flexibility index (Phi) is 4.64. The minimum atomic E-state index is -2.52. The van der Waals surface area contributed by atoms with Crippen LogP contribution in [0.1, 0.15) is 17.6 Å². The van der Waals surface area contributed by atoms with E-state index in [0.29, 0.717) is 5.56 Å². The van der Waals surface area contributed by atoms with E-state index in [4.69, 9.17) is 11.6 Å². The molecule has 0 spiro atoms. The first-order valence-corrected chi connectivity index (χ1v) is 6.26. The van der Waals surface area contributed by atoms with Crippen molar-refractivity contribution < 1.29 is 13.7 Å². The lowest BCUT2D eigenvalue weighted by molar-refractivity contribution is -0.384. The van der Waals surface area contributed by atoms with Crippen LogP contribution in [0.4, 0.5) is 20.3 Å². The Morgan fingerprint density at radius 1 is 1.33 bits per heavy atom. The summed E-state index contributed by atoms with van der Waals surface area (Å²) in [5, 5.41) is 13.8. The summed E-state index contributed by atoms with van der Waals surface area (Å²) in [6.45, 7) is 0.221. The van der Waals surface area contributed by atoms with Crippen molar-refractivity contribution in [2.45, 2.75) is 13.0 Å². The number of halogens is 3. The fourth-order valence-corrected chi connectivity index (χ4v) is 1.82. The van der Waals surface area contributed by atoms with Crippen LogP contribution in [0, 0.1) is 10.1 Å². The second kappa shape index (κ2) is 6.45. The molecule has 0 saturated carbocycles. The fourth-order valence-electron chi connectivity index (χ4n) is 1.67. The molecule has 5 nitrogen and oxygen atoms in total. The zero-order valence-electron chi connectivity index (χ0n) is 10.6. The van der Waals surface area contributed by atoms with Crippen LogP contribution in [-0.2, 0) is 6.54 Å². The van der Waals surface area contributed by atoms with Gasteiger partial charge >= 0.3 is 5.69 Å². The van der Waals surface area contributed by atoms with Crippen LogP contribution in [0.15, 0.2) is 36.5 Å². The van der Waals surface area contributed by atoms with E-state index in [1.54, 1.807) is 0 Å². The normalized spacial score (nSPS) is 10.7. The number of nitrogens with zero attached hydrogens (tertiary/aromatic N) is 2. The first-order chi connectivity index (χ1) is 9.97. The lowest BCUT2D eigenvalue weighted by Gasteiger charge is -2.07. The van der Waals surface area contributed by atoms with Gasteiger partial charge in [0.25, 0.3) is 6.43 Å². The van der Waals surface area contributed by atoms with E-state index in [0.717, 1.165) is 0 Å². The average Bonchev–Trinajstić information content (AvgIpc) is 2.46. The highest BCUT2D eigenvalue weighted by Crippen LogP contribution is 2.25. The number of pyridine rings is 1. The van der Waals surface area contributed by atoms with Gasteiger partial charge in [-0.05, 0) is 5.56 Å². The summed E-state index contributed by atoms with van der Waals surface area (Å²) in [4.78, 5) is 14.1. The SMILES string of the molecule is O=[N+]([O-])c1cc(Cl)cnc1NCc1ccc(C(F)F)cc1. The van der Waals surface area contributed by atoms with Gasteiger partial charge in [0.2, 0.25) is 5.82 Å². The third-order valence-corrected chi connectivity index (χ3v) is 2.93. The summed E-state index contributed by atoms with van der Waals surface area (Å²) < 4.78 is 24.8. The van der Waals surface area contributed by atoms with Crippen LogP contribution in [0.25, 0.3) is 0 Å². The van der Waals surface area contributed by atoms with Gasteiger partial charge in [-0.2, -0.15) is 0 Å². The smallest absolute Gasteiger partial charge is 0.312 e. The first-order valence-electron chi connectivity index (χ1n) is 5.88. The van der Waals surface area contributed by atoms with E-state index < -0.39 is 11.3 Å². The minimum absolute atomic E-state index is 0.0716. The van der Waals surface area contributed by atoms with E-state index in [-0.39, 0.29) is 28.6 Å².